The summed E-state index contributed by atoms with van der Waals surface area (Å²) in [6.07, 6.45) is 0. The summed E-state index contributed by atoms with van der Waals surface area (Å²) in [6.45, 7) is 0. The molecule has 0 fully saturated rings. The van der Waals surface area contributed by atoms with Gasteiger partial charge in [-0.1, -0.05) is 27.5 Å². The number of halogens is 4. The van der Waals surface area contributed by atoms with Gasteiger partial charge in [0.25, 0.3) is 5.91 Å². The quantitative estimate of drug-likeness (QED) is 0.723. The maximum Gasteiger partial charge on any atom is 0.255 e. The minimum absolute atomic E-state index is 0.228. The molecule has 0 aliphatic heterocycles. The molecule has 0 saturated carbocycles. The summed E-state index contributed by atoms with van der Waals surface area (Å²) in [5, 5.41) is 3.13. The smallest absolute Gasteiger partial charge is 0.255 e. The van der Waals surface area contributed by atoms with Crippen molar-refractivity contribution in [1.29, 1.82) is 0 Å². The van der Waals surface area contributed by atoms with Crippen LogP contribution in [0.5, 0.6) is 0 Å². The SMILES string of the molecule is O=C(Nc1ccc(Br)c(Cl)c1)c1cc(F)cc(Br)c1. The Hall–Kier alpha value is -0.910. The average molecular weight is 407 g/mol. The zero-order chi connectivity index (χ0) is 14.0. The first-order valence-electron chi connectivity index (χ1n) is 5.18. The highest BCUT2D eigenvalue weighted by Crippen LogP contribution is 2.26. The molecule has 0 saturated heterocycles. The van der Waals surface area contributed by atoms with Crippen molar-refractivity contribution in [2.45, 2.75) is 0 Å². The van der Waals surface area contributed by atoms with Gasteiger partial charge < -0.3 is 5.32 Å². The Morgan fingerprint density at radius 3 is 2.53 bits per heavy atom. The molecular formula is C13H7Br2ClFNO. The van der Waals surface area contributed by atoms with E-state index in [1.54, 1.807) is 24.3 Å². The lowest BCUT2D eigenvalue weighted by atomic mass is 10.2. The van der Waals surface area contributed by atoms with Crippen molar-refractivity contribution in [3.8, 4) is 0 Å². The van der Waals surface area contributed by atoms with E-state index < -0.39 is 11.7 Å². The molecule has 0 aliphatic rings. The fraction of sp³-hybridized carbons (Fsp3) is 0. The molecule has 2 rings (SSSR count). The van der Waals surface area contributed by atoms with E-state index in [2.05, 4.69) is 37.2 Å². The lowest BCUT2D eigenvalue weighted by Gasteiger charge is -2.07. The third kappa shape index (κ3) is 3.78. The second kappa shape index (κ2) is 6.03. The standard InChI is InChI=1S/C13H7Br2ClFNO/c14-8-3-7(4-9(17)5-8)13(19)18-10-1-2-11(15)12(16)6-10/h1-6H,(H,18,19). The Bertz CT molecular complexity index is 628. The lowest BCUT2D eigenvalue weighted by Crippen LogP contribution is -2.12. The third-order valence-electron chi connectivity index (χ3n) is 2.30. The highest BCUT2D eigenvalue weighted by molar-refractivity contribution is 9.10. The van der Waals surface area contributed by atoms with Gasteiger partial charge in [-0.2, -0.15) is 0 Å². The number of carbonyl (C=O) groups excluding carboxylic acids is 1. The Balaban J connectivity index is 2.22. The van der Waals surface area contributed by atoms with Crippen LogP contribution in [0.4, 0.5) is 10.1 Å². The molecule has 1 N–H and O–H groups in total. The van der Waals surface area contributed by atoms with Crippen molar-refractivity contribution in [1.82, 2.24) is 0 Å². The van der Waals surface area contributed by atoms with Crippen molar-refractivity contribution in [3.05, 3.63) is 61.7 Å². The largest absolute Gasteiger partial charge is 0.322 e. The van der Waals surface area contributed by atoms with E-state index in [9.17, 15) is 9.18 Å². The molecule has 98 valence electrons. The van der Waals surface area contributed by atoms with Crippen molar-refractivity contribution < 1.29 is 9.18 Å². The van der Waals surface area contributed by atoms with E-state index in [-0.39, 0.29) is 5.56 Å². The number of amides is 1. The first-order valence-corrected chi connectivity index (χ1v) is 7.14. The summed E-state index contributed by atoms with van der Waals surface area (Å²) in [6, 6.07) is 9.02. The predicted molar refractivity (Wildman–Crippen MR) is 81.2 cm³/mol. The van der Waals surface area contributed by atoms with Gasteiger partial charge in [0.15, 0.2) is 0 Å². The van der Waals surface area contributed by atoms with Gasteiger partial charge in [0, 0.05) is 20.2 Å². The number of benzene rings is 2. The second-order valence-corrected chi connectivity index (χ2v) is 5.92. The van der Waals surface area contributed by atoms with Gasteiger partial charge in [-0.15, -0.1) is 0 Å². The zero-order valence-corrected chi connectivity index (χ0v) is 13.3. The molecule has 0 spiro atoms. The molecular weight excluding hydrogens is 400 g/mol. The highest BCUT2D eigenvalue weighted by Gasteiger charge is 2.09. The minimum Gasteiger partial charge on any atom is -0.322 e. The van der Waals surface area contributed by atoms with E-state index >= 15 is 0 Å². The van der Waals surface area contributed by atoms with Gasteiger partial charge in [0.2, 0.25) is 0 Å². The number of nitrogens with one attached hydrogen (secondary N) is 1. The van der Waals surface area contributed by atoms with Crippen LogP contribution in [0, 0.1) is 5.82 Å². The highest BCUT2D eigenvalue weighted by atomic mass is 79.9. The number of carbonyl (C=O) groups is 1. The molecule has 2 nitrogen and oxygen atoms in total. The van der Waals surface area contributed by atoms with Crippen LogP contribution >= 0.6 is 43.5 Å². The van der Waals surface area contributed by atoms with Crippen LogP contribution in [-0.2, 0) is 0 Å². The van der Waals surface area contributed by atoms with E-state index in [0.717, 1.165) is 4.47 Å². The number of rotatable bonds is 2. The molecule has 2 aromatic rings. The molecule has 0 unspecified atom stereocenters. The molecule has 19 heavy (non-hydrogen) atoms. The average Bonchev–Trinajstić information content (AvgIpc) is 2.32. The van der Waals surface area contributed by atoms with Crippen molar-refractivity contribution in [2.24, 2.45) is 0 Å². The summed E-state index contributed by atoms with van der Waals surface area (Å²) >= 11 is 12.3. The normalized spacial score (nSPS) is 10.3. The Kier molecular flexibility index (Phi) is 4.60. The van der Waals surface area contributed by atoms with Gasteiger partial charge in [-0.25, -0.2) is 4.39 Å². The fourth-order valence-electron chi connectivity index (χ4n) is 1.46. The molecule has 0 bridgehead atoms. The summed E-state index contributed by atoms with van der Waals surface area (Å²) in [5.41, 5.74) is 0.768. The van der Waals surface area contributed by atoms with E-state index in [0.29, 0.717) is 15.2 Å². The molecule has 0 heterocycles. The van der Waals surface area contributed by atoms with Gasteiger partial charge in [-0.05, 0) is 52.3 Å². The number of anilines is 1. The summed E-state index contributed by atoms with van der Waals surface area (Å²) < 4.78 is 14.4. The Morgan fingerprint density at radius 1 is 1.16 bits per heavy atom. The minimum atomic E-state index is -0.478. The van der Waals surface area contributed by atoms with Gasteiger partial charge in [-0.3, -0.25) is 4.79 Å². The van der Waals surface area contributed by atoms with Crippen LogP contribution in [-0.4, -0.2) is 5.91 Å². The summed E-state index contributed by atoms with van der Waals surface area (Å²) in [5.74, 6) is -0.882. The maximum atomic E-state index is 13.2. The topological polar surface area (TPSA) is 29.1 Å². The van der Waals surface area contributed by atoms with Crippen LogP contribution in [0.15, 0.2) is 45.3 Å². The van der Waals surface area contributed by atoms with Crippen molar-refractivity contribution in [3.63, 3.8) is 0 Å². The third-order valence-corrected chi connectivity index (χ3v) is 3.99. The van der Waals surface area contributed by atoms with Gasteiger partial charge in [0.1, 0.15) is 5.82 Å². The number of hydrogen-bond donors (Lipinski definition) is 1. The number of hydrogen-bond acceptors (Lipinski definition) is 1. The second-order valence-electron chi connectivity index (χ2n) is 3.74. The zero-order valence-electron chi connectivity index (χ0n) is 9.38. The van der Waals surface area contributed by atoms with Crippen LogP contribution in [0.25, 0.3) is 0 Å². The fourth-order valence-corrected chi connectivity index (χ4v) is 2.35. The van der Waals surface area contributed by atoms with Gasteiger partial charge in [0.05, 0.1) is 5.02 Å². The van der Waals surface area contributed by atoms with Crippen LogP contribution in [0.2, 0.25) is 5.02 Å². The van der Waals surface area contributed by atoms with Crippen LogP contribution < -0.4 is 5.32 Å². The van der Waals surface area contributed by atoms with Crippen LogP contribution in [0.3, 0.4) is 0 Å². The molecule has 1 amide bonds. The van der Waals surface area contributed by atoms with E-state index in [1.165, 1.54) is 12.1 Å². The summed E-state index contributed by atoms with van der Waals surface area (Å²) in [4.78, 5) is 12.0. The Labute approximate surface area is 131 Å². The maximum absolute atomic E-state index is 13.2. The molecule has 2 aromatic carbocycles. The molecule has 0 aromatic heterocycles. The first kappa shape index (κ1) is 14.5. The predicted octanol–water partition coefficient (Wildman–Crippen LogP) is 5.26. The van der Waals surface area contributed by atoms with E-state index in [1.807, 2.05) is 0 Å². The monoisotopic (exact) mass is 405 g/mol. The molecule has 0 aliphatic carbocycles. The van der Waals surface area contributed by atoms with E-state index in [4.69, 9.17) is 11.6 Å². The lowest BCUT2D eigenvalue weighted by molar-refractivity contribution is 0.102. The molecule has 6 heteroatoms. The first-order chi connectivity index (χ1) is 8.95. The van der Waals surface area contributed by atoms with Crippen molar-refractivity contribution >= 4 is 55.1 Å². The summed E-state index contributed by atoms with van der Waals surface area (Å²) in [7, 11) is 0. The van der Waals surface area contributed by atoms with Crippen molar-refractivity contribution in [2.75, 3.05) is 5.32 Å². The molecule has 0 atom stereocenters. The van der Waals surface area contributed by atoms with Crippen LogP contribution in [0.1, 0.15) is 10.4 Å². The van der Waals surface area contributed by atoms with Gasteiger partial charge >= 0.3 is 0 Å². The molecule has 0 radical (unpaired) electrons. The Morgan fingerprint density at radius 2 is 1.89 bits per heavy atom.